The lowest BCUT2D eigenvalue weighted by molar-refractivity contribution is -0.143. The van der Waals surface area contributed by atoms with Crippen LogP contribution in [-0.2, 0) is 29.0 Å². The maximum absolute atomic E-state index is 11.3. The Kier molecular flexibility index (Phi) is 4.21. The smallest absolute Gasteiger partial charge is 0.310 e. The first kappa shape index (κ1) is 14.5. The number of aromatic nitrogens is 3. The summed E-state index contributed by atoms with van der Waals surface area (Å²) in [5, 5.41) is 17.9. The van der Waals surface area contributed by atoms with Gasteiger partial charge in [0.25, 0.3) is 0 Å². The molecule has 0 aliphatic carbocycles. The first-order valence-electron chi connectivity index (χ1n) is 7.66. The van der Waals surface area contributed by atoms with Crippen molar-refractivity contribution in [1.29, 1.82) is 0 Å². The minimum atomic E-state index is -0.778. The fourth-order valence-corrected chi connectivity index (χ4v) is 3.27. The van der Waals surface area contributed by atoms with Crippen LogP contribution in [0.2, 0.25) is 0 Å². The standard InChI is InChI=1S/C14H22N4O3/c1-2-17(11-9-21-8-10(11)14(19)20)7-13-16-15-12-5-3-4-6-18(12)13/h10-11H,2-9H2,1H3,(H,19,20). The molecule has 21 heavy (non-hydrogen) atoms. The number of carbonyl (C=O) groups is 1. The number of carboxylic acids is 1. The Bertz CT molecular complexity index is 516. The highest BCUT2D eigenvalue weighted by Gasteiger charge is 2.38. The summed E-state index contributed by atoms with van der Waals surface area (Å²) in [5.41, 5.74) is 0. The molecule has 2 aliphatic heterocycles. The molecule has 116 valence electrons. The van der Waals surface area contributed by atoms with Crippen LogP contribution in [0.25, 0.3) is 0 Å². The zero-order chi connectivity index (χ0) is 14.8. The summed E-state index contributed by atoms with van der Waals surface area (Å²) in [6.07, 6.45) is 3.32. The molecule has 0 amide bonds. The van der Waals surface area contributed by atoms with Crippen molar-refractivity contribution in [3.8, 4) is 0 Å². The van der Waals surface area contributed by atoms with Crippen LogP contribution in [0.4, 0.5) is 0 Å². The number of rotatable bonds is 5. The molecule has 3 rings (SSSR count). The second-order valence-corrected chi connectivity index (χ2v) is 5.75. The number of fused-ring (bicyclic) bond motifs is 1. The highest BCUT2D eigenvalue weighted by atomic mass is 16.5. The third-order valence-corrected chi connectivity index (χ3v) is 4.52. The molecule has 0 radical (unpaired) electrons. The predicted octanol–water partition coefficient (Wildman–Crippen LogP) is 0.536. The van der Waals surface area contributed by atoms with Gasteiger partial charge < -0.3 is 14.4 Å². The molecule has 1 saturated heterocycles. The van der Waals surface area contributed by atoms with E-state index in [9.17, 15) is 9.90 Å². The first-order valence-corrected chi connectivity index (χ1v) is 7.66. The van der Waals surface area contributed by atoms with E-state index < -0.39 is 11.9 Å². The van der Waals surface area contributed by atoms with Crippen molar-refractivity contribution >= 4 is 5.97 Å². The Morgan fingerprint density at radius 3 is 3.05 bits per heavy atom. The quantitative estimate of drug-likeness (QED) is 0.853. The highest BCUT2D eigenvalue weighted by Crippen LogP contribution is 2.22. The van der Waals surface area contributed by atoms with E-state index in [0.717, 1.165) is 37.6 Å². The van der Waals surface area contributed by atoms with Crippen LogP contribution in [0, 0.1) is 5.92 Å². The number of aliphatic carboxylic acids is 1. The summed E-state index contributed by atoms with van der Waals surface area (Å²) < 4.78 is 7.57. The van der Waals surface area contributed by atoms with Gasteiger partial charge in [0, 0.05) is 19.0 Å². The molecule has 3 heterocycles. The SMILES string of the molecule is CCN(Cc1nnc2n1CCCC2)C1COCC1C(=O)O. The summed E-state index contributed by atoms with van der Waals surface area (Å²) >= 11 is 0. The maximum Gasteiger partial charge on any atom is 0.310 e. The number of likely N-dealkylation sites (N-methyl/N-ethyl adjacent to an activating group) is 1. The molecule has 1 aromatic heterocycles. The van der Waals surface area contributed by atoms with Crippen LogP contribution >= 0.6 is 0 Å². The zero-order valence-electron chi connectivity index (χ0n) is 12.4. The molecule has 0 bridgehead atoms. The molecule has 2 unspecified atom stereocenters. The fraction of sp³-hybridized carbons (Fsp3) is 0.786. The summed E-state index contributed by atoms with van der Waals surface area (Å²) in [7, 11) is 0. The minimum absolute atomic E-state index is 0.0796. The van der Waals surface area contributed by atoms with Gasteiger partial charge in [-0.3, -0.25) is 9.69 Å². The zero-order valence-corrected chi connectivity index (χ0v) is 12.4. The third kappa shape index (κ3) is 2.80. The van der Waals surface area contributed by atoms with Crippen LogP contribution in [0.5, 0.6) is 0 Å². The van der Waals surface area contributed by atoms with Crippen molar-refractivity contribution in [3.63, 3.8) is 0 Å². The van der Waals surface area contributed by atoms with Gasteiger partial charge in [-0.05, 0) is 19.4 Å². The Hall–Kier alpha value is -1.47. The van der Waals surface area contributed by atoms with Crippen molar-refractivity contribution in [2.24, 2.45) is 5.92 Å². The summed E-state index contributed by atoms with van der Waals surface area (Å²) in [4.78, 5) is 13.5. The topological polar surface area (TPSA) is 80.5 Å². The van der Waals surface area contributed by atoms with Gasteiger partial charge in [0.05, 0.1) is 25.7 Å². The highest BCUT2D eigenvalue weighted by molar-refractivity contribution is 5.71. The van der Waals surface area contributed by atoms with Crippen molar-refractivity contribution in [2.75, 3.05) is 19.8 Å². The van der Waals surface area contributed by atoms with E-state index in [1.54, 1.807) is 0 Å². The Morgan fingerprint density at radius 1 is 1.43 bits per heavy atom. The van der Waals surface area contributed by atoms with Gasteiger partial charge in [-0.15, -0.1) is 10.2 Å². The van der Waals surface area contributed by atoms with Crippen LogP contribution in [0.15, 0.2) is 0 Å². The number of aryl methyl sites for hydroxylation is 1. The molecular formula is C14H22N4O3. The summed E-state index contributed by atoms with van der Waals surface area (Å²) in [6.45, 7) is 5.21. The normalized spacial score (nSPS) is 25.2. The van der Waals surface area contributed by atoms with E-state index in [1.165, 1.54) is 6.42 Å². The lowest BCUT2D eigenvalue weighted by atomic mass is 10.0. The Morgan fingerprint density at radius 2 is 2.29 bits per heavy atom. The average molecular weight is 294 g/mol. The molecule has 1 aromatic rings. The molecule has 0 saturated carbocycles. The van der Waals surface area contributed by atoms with E-state index >= 15 is 0 Å². The molecule has 0 spiro atoms. The number of carboxylic acid groups (broad SMARTS) is 1. The molecule has 1 fully saturated rings. The number of hydrogen-bond donors (Lipinski definition) is 1. The van der Waals surface area contributed by atoms with Crippen molar-refractivity contribution in [2.45, 2.75) is 45.3 Å². The molecule has 2 aliphatic rings. The minimum Gasteiger partial charge on any atom is -0.481 e. The largest absolute Gasteiger partial charge is 0.481 e. The Labute approximate surface area is 123 Å². The van der Waals surface area contributed by atoms with Gasteiger partial charge in [0.2, 0.25) is 0 Å². The second-order valence-electron chi connectivity index (χ2n) is 5.75. The molecule has 0 aromatic carbocycles. The van der Waals surface area contributed by atoms with Crippen LogP contribution in [0.3, 0.4) is 0 Å². The Balaban J connectivity index is 1.75. The van der Waals surface area contributed by atoms with Gasteiger partial charge in [-0.1, -0.05) is 6.92 Å². The van der Waals surface area contributed by atoms with E-state index in [4.69, 9.17) is 4.74 Å². The van der Waals surface area contributed by atoms with Gasteiger partial charge in [-0.25, -0.2) is 0 Å². The molecular weight excluding hydrogens is 272 g/mol. The molecule has 2 atom stereocenters. The number of hydrogen-bond acceptors (Lipinski definition) is 5. The second kappa shape index (κ2) is 6.11. The summed E-state index contributed by atoms with van der Waals surface area (Å²) in [6, 6.07) is -0.0796. The van der Waals surface area contributed by atoms with E-state index in [2.05, 4.69) is 19.7 Å². The van der Waals surface area contributed by atoms with E-state index in [0.29, 0.717) is 19.8 Å². The number of ether oxygens (including phenoxy) is 1. The maximum atomic E-state index is 11.3. The first-order chi connectivity index (χ1) is 10.2. The van der Waals surface area contributed by atoms with Gasteiger partial charge in [-0.2, -0.15) is 0 Å². The molecule has 7 nitrogen and oxygen atoms in total. The van der Waals surface area contributed by atoms with E-state index in [1.807, 2.05) is 6.92 Å². The average Bonchev–Trinajstić information content (AvgIpc) is 3.12. The van der Waals surface area contributed by atoms with E-state index in [-0.39, 0.29) is 6.04 Å². The third-order valence-electron chi connectivity index (χ3n) is 4.52. The lowest BCUT2D eigenvalue weighted by Crippen LogP contribution is -2.43. The van der Waals surface area contributed by atoms with Crippen LogP contribution in [-0.4, -0.2) is 56.5 Å². The van der Waals surface area contributed by atoms with Crippen molar-refractivity contribution < 1.29 is 14.6 Å². The van der Waals surface area contributed by atoms with Gasteiger partial charge >= 0.3 is 5.97 Å². The predicted molar refractivity (Wildman–Crippen MR) is 74.8 cm³/mol. The van der Waals surface area contributed by atoms with Crippen LogP contribution < -0.4 is 0 Å². The van der Waals surface area contributed by atoms with Gasteiger partial charge in [0.15, 0.2) is 0 Å². The van der Waals surface area contributed by atoms with Crippen molar-refractivity contribution in [3.05, 3.63) is 11.6 Å². The van der Waals surface area contributed by atoms with Crippen LogP contribution in [0.1, 0.15) is 31.4 Å². The van der Waals surface area contributed by atoms with Crippen molar-refractivity contribution in [1.82, 2.24) is 19.7 Å². The molecule has 1 N–H and O–H groups in total. The monoisotopic (exact) mass is 294 g/mol. The fourth-order valence-electron chi connectivity index (χ4n) is 3.27. The summed E-state index contributed by atoms with van der Waals surface area (Å²) in [5.74, 6) is 0.778. The van der Waals surface area contributed by atoms with Gasteiger partial charge in [0.1, 0.15) is 11.6 Å². The number of nitrogens with zero attached hydrogens (tertiary/aromatic N) is 4. The lowest BCUT2D eigenvalue weighted by Gasteiger charge is -2.29. The molecule has 7 heteroatoms.